The first kappa shape index (κ1) is 14.0. The van der Waals surface area contributed by atoms with E-state index < -0.39 is 0 Å². The molecule has 0 radical (unpaired) electrons. The molecule has 0 saturated carbocycles. The Morgan fingerprint density at radius 3 is 2.36 bits per heavy atom. The fourth-order valence-corrected chi connectivity index (χ4v) is 3.17. The molecule has 0 amide bonds. The summed E-state index contributed by atoms with van der Waals surface area (Å²) in [5.74, 6) is 1.85. The minimum Gasteiger partial charge on any atom is -0.342 e. The quantitative estimate of drug-likeness (QED) is 0.505. The smallest absolute Gasteiger partial charge is 0.138 e. The largest absolute Gasteiger partial charge is 0.342 e. The highest BCUT2D eigenvalue weighted by molar-refractivity contribution is 5.84. The number of imidazole rings is 2. The van der Waals surface area contributed by atoms with E-state index in [2.05, 4.69) is 51.4 Å². The Balaban J connectivity index is 1.53. The molecule has 4 nitrogen and oxygen atoms in total. The molecule has 0 aliphatic rings. The lowest BCUT2D eigenvalue weighted by Gasteiger charge is -1.96. The SMILES string of the molecule is c1ccc(Cc2nc3ccc(-c4nc5ccccc5[nH]4)cc3[nH]2)cc1. The molecular weight excluding hydrogens is 308 g/mol. The number of para-hydroxylation sites is 2. The second-order valence-corrected chi connectivity index (χ2v) is 6.18. The third-order valence-electron chi connectivity index (χ3n) is 4.41. The fourth-order valence-electron chi connectivity index (χ4n) is 3.17. The molecule has 2 heterocycles. The van der Waals surface area contributed by atoms with E-state index in [1.54, 1.807) is 0 Å². The molecular formula is C21H16N4. The van der Waals surface area contributed by atoms with Crippen LogP contribution in [0.3, 0.4) is 0 Å². The van der Waals surface area contributed by atoms with Crippen molar-refractivity contribution >= 4 is 22.1 Å². The van der Waals surface area contributed by atoms with Crippen LogP contribution in [0.2, 0.25) is 0 Å². The number of aromatic nitrogens is 4. The van der Waals surface area contributed by atoms with Gasteiger partial charge in [0, 0.05) is 12.0 Å². The van der Waals surface area contributed by atoms with E-state index in [9.17, 15) is 0 Å². The van der Waals surface area contributed by atoms with Crippen molar-refractivity contribution in [2.45, 2.75) is 6.42 Å². The van der Waals surface area contributed by atoms with Crippen LogP contribution in [0.5, 0.6) is 0 Å². The Labute approximate surface area is 144 Å². The summed E-state index contributed by atoms with van der Waals surface area (Å²) < 4.78 is 0. The van der Waals surface area contributed by atoms with Gasteiger partial charge in [0.25, 0.3) is 0 Å². The number of H-pyrrole nitrogens is 2. The van der Waals surface area contributed by atoms with Gasteiger partial charge in [0.15, 0.2) is 0 Å². The van der Waals surface area contributed by atoms with Crippen LogP contribution in [0, 0.1) is 0 Å². The summed E-state index contributed by atoms with van der Waals surface area (Å²) in [5, 5.41) is 0. The third kappa shape index (κ3) is 2.58. The molecule has 25 heavy (non-hydrogen) atoms. The van der Waals surface area contributed by atoms with Crippen LogP contribution in [0.1, 0.15) is 11.4 Å². The minimum atomic E-state index is 0.801. The number of fused-ring (bicyclic) bond motifs is 2. The maximum absolute atomic E-state index is 4.70. The molecule has 2 N–H and O–H groups in total. The van der Waals surface area contributed by atoms with Gasteiger partial charge in [0.1, 0.15) is 11.6 Å². The van der Waals surface area contributed by atoms with E-state index in [-0.39, 0.29) is 0 Å². The second kappa shape index (κ2) is 5.60. The fraction of sp³-hybridized carbons (Fsp3) is 0.0476. The summed E-state index contributed by atoms with van der Waals surface area (Å²) in [6.07, 6.45) is 0.801. The van der Waals surface area contributed by atoms with Gasteiger partial charge in [-0.15, -0.1) is 0 Å². The number of rotatable bonds is 3. The Morgan fingerprint density at radius 1 is 0.680 bits per heavy atom. The Kier molecular flexibility index (Phi) is 3.13. The molecule has 0 spiro atoms. The van der Waals surface area contributed by atoms with Gasteiger partial charge in [-0.25, -0.2) is 9.97 Å². The van der Waals surface area contributed by atoms with E-state index in [0.717, 1.165) is 45.7 Å². The van der Waals surface area contributed by atoms with Crippen LogP contribution in [-0.2, 0) is 6.42 Å². The molecule has 0 atom stereocenters. The first-order valence-corrected chi connectivity index (χ1v) is 8.33. The number of hydrogen-bond donors (Lipinski definition) is 2. The van der Waals surface area contributed by atoms with E-state index in [0.29, 0.717) is 0 Å². The van der Waals surface area contributed by atoms with E-state index in [1.807, 2.05) is 36.4 Å². The lowest BCUT2D eigenvalue weighted by Crippen LogP contribution is -1.89. The zero-order valence-electron chi connectivity index (χ0n) is 13.5. The Hall–Kier alpha value is -3.40. The first-order chi connectivity index (χ1) is 12.3. The highest BCUT2D eigenvalue weighted by Gasteiger charge is 2.08. The second-order valence-electron chi connectivity index (χ2n) is 6.18. The monoisotopic (exact) mass is 324 g/mol. The standard InChI is InChI=1S/C21H16N4/c1-2-6-14(7-3-1)12-20-22-18-11-10-15(13-19(18)23-20)21-24-16-8-4-5-9-17(16)25-21/h1-11,13H,12H2,(H,22,23)(H,24,25). The maximum atomic E-state index is 4.70. The van der Waals surface area contributed by atoms with Crippen LogP contribution in [0.25, 0.3) is 33.5 Å². The lowest BCUT2D eigenvalue weighted by atomic mass is 10.1. The number of aromatic amines is 2. The highest BCUT2D eigenvalue weighted by Crippen LogP contribution is 2.24. The highest BCUT2D eigenvalue weighted by atomic mass is 14.9. The minimum absolute atomic E-state index is 0.801. The lowest BCUT2D eigenvalue weighted by molar-refractivity contribution is 1.04. The molecule has 0 bridgehead atoms. The topological polar surface area (TPSA) is 57.4 Å². The predicted molar refractivity (Wildman–Crippen MR) is 100 cm³/mol. The zero-order chi connectivity index (χ0) is 16.6. The van der Waals surface area contributed by atoms with Crippen molar-refractivity contribution in [1.29, 1.82) is 0 Å². The van der Waals surface area contributed by atoms with Gasteiger partial charge >= 0.3 is 0 Å². The molecule has 0 fully saturated rings. The van der Waals surface area contributed by atoms with E-state index in [1.165, 1.54) is 5.56 Å². The molecule has 0 aliphatic carbocycles. The number of benzene rings is 3. The molecule has 0 unspecified atom stereocenters. The van der Waals surface area contributed by atoms with Crippen molar-refractivity contribution in [3.05, 3.63) is 84.2 Å². The summed E-state index contributed by atoms with van der Waals surface area (Å²) in [7, 11) is 0. The van der Waals surface area contributed by atoms with Gasteiger partial charge in [-0.1, -0.05) is 42.5 Å². The van der Waals surface area contributed by atoms with Crippen molar-refractivity contribution in [3.8, 4) is 11.4 Å². The van der Waals surface area contributed by atoms with Gasteiger partial charge < -0.3 is 9.97 Å². The van der Waals surface area contributed by atoms with Crippen LogP contribution in [0.4, 0.5) is 0 Å². The predicted octanol–water partition coefficient (Wildman–Crippen LogP) is 4.70. The summed E-state index contributed by atoms with van der Waals surface area (Å²) in [5.41, 5.74) is 6.34. The molecule has 5 rings (SSSR count). The molecule has 120 valence electrons. The van der Waals surface area contributed by atoms with Crippen molar-refractivity contribution in [3.63, 3.8) is 0 Å². The number of hydrogen-bond acceptors (Lipinski definition) is 2. The van der Waals surface area contributed by atoms with E-state index in [4.69, 9.17) is 4.98 Å². The van der Waals surface area contributed by atoms with Gasteiger partial charge in [-0.05, 0) is 35.9 Å². The van der Waals surface area contributed by atoms with Gasteiger partial charge in [-0.3, -0.25) is 0 Å². The number of nitrogens with zero attached hydrogens (tertiary/aromatic N) is 2. The average Bonchev–Trinajstić information content (AvgIpc) is 3.25. The van der Waals surface area contributed by atoms with E-state index >= 15 is 0 Å². The van der Waals surface area contributed by atoms with Crippen molar-refractivity contribution in [2.75, 3.05) is 0 Å². The Bertz CT molecular complexity index is 1140. The van der Waals surface area contributed by atoms with Crippen LogP contribution < -0.4 is 0 Å². The van der Waals surface area contributed by atoms with Gasteiger partial charge in [0.2, 0.25) is 0 Å². The van der Waals surface area contributed by atoms with Gasteiger partial charge in [0.05, 0.1) is 22.1 Å². The summed E-state index contributed by atoms with van der Waals surface area (Å²) in [6.45, 7) is 0. The average molecular weight is 324 g/mol. The number of nitrogens with one attached hydrogen (secondary N) is 2. The summed E-state index contributed by atoms with van der Waals surface area (Å²) in [6, 6.07) is 24.7. The van der Waals surface area contributed by atoms with Gasteiger partial charge in [-0.2, -0.15) is 0 Å². The zero-order valence-corrected chi connectivity index (χ0v) is 13.5. The van der Waals surface area contributed by atoms with Crippen LogP contribution in [-0.4, -0.2) is 19.9 Å². The van der Waals surface area contributed by atoms with Crippen LogP contribution >= 0.6 is 0 Å². The maximum Gasteiger partial charge on any atom is 0.138 e. The molecule has 4 heteroatoms. The molecule has 0 saturated heterocycles. The van der Waals surface area contributed by atoms with Crippen molar-refractivity contribution in [1.82, 2.24) is 19.9 Å². The molecule has 3 aromatic carbocycles. The summed E-state index contributed by atoms with van der Waals surface area (Å²) >= 11 is 0. The van der Waals surface area contributed by atoms with Crippen molar-refractivity contribution < 1.29 is 0 Å². The molecule has 2 aromatic heterocycles. The van der Waals surface area contributed by atoms with Crippen molar-refractivity contribution in [2.24, 2.45) is 0 Å². The Morgan fingerprint density at radius 2 is 1.48 bits per heavy atom. The van der Waals surface area contributed by atoms with Crippen LogP contribution in [0.15, 0.2) is 72.8 Å². The molecule has 5 aromatic rings. The molecule has 0 aliphatic heterocycles. The normalized spacial score (nSPS) is 11.4. The third-order valence-corrected chi connectivity index (χ3v) is 4.41. The first-order valence-electron chi connectivity index (χ1n) is 8.33. The summed E-state index contributed by atoms with van der Waals surface area (Å²) in [4.78, 5) is 16.2.